The number of hydrogen-bond acceptors (Lipinski definition) is 0. The summed E-state index contributed by atoms with van der Waals surface area (Å²) in [5.74, 6) is 12.9. The van der Waals surface area contributed by atoms with E-state index in [-0.39, 0.29) is 0 Å². The van der Waals surface area contributed by atoms with Crippen molar-refractivity contribution in [2.45, 2.75) is 20.8 Å². The average molecular weight is 320 g/mol. The van der Waals surface area contributed by atoms with Gasteiger partial charge in [0, 0.05) is 22.3 Å². The number of benzene rings is 3. The molecular formula is C25H20. The fourth-order valence-electron chi connectivity index (χ4n) is 2.51. The minimum Gasteiger partial charge on any atom is -0.0617 e. The van der Waals surface area contributed by atoms with Gasteiger partial charge in [-0.1, -0.05) is 59.1 Å². The van der Waals surface area contributed by atoms with Crippen LogP contribution in [0.2, 0.25) is 0 Å². The maximum Gasteiger partial charge on any atom is 0.0278 e. The summed E-state index contributed by atoms with van der Waals surface area (Å²) in [6, 6.07) is 22.7. The highest BCUT2D eigenvalue weighted by atomic mass is 14.0. The molecule has 0 aliphatic rings. The van der Waals surface area contributed by atoms with Gasteiger partial charge in [-0.3, -0.25) is 0 Å². The topological polar surface area (TPSA) is 0 Å². The van der Waals surface area contributed by atoms with Crippen LogP contribution >= 0.6 is 0 Å². The molecule has 25 heavy (non-hydrogen) atoms. The lowest BCUT2D eigenvalue weighted by Gasteiger charge is -1.99. The maximum absolute atomic E-state index is 3.25. The van der Waals surface area contributed by atoms with Crippen molar-refractivity contribution in [3.63, 3.8) is 0 Å². The van der Waals surface area contributed by atoms with Gasteiger partial charge in [0.05, 0.1) is 0 Å². The third-order valence-electron chi connectivity index (χ3n) is 4.01. The first-order chi connectivity index (χ1) is 12.1. The molecule has 0 heterocycles. The Morgan fingerprint density at radius 2 is 0.920 bits per heavy atom. The van der Waals surface area contributed by atoms with Gasteiger partial charge < -0.3 is 0 Å². The van der Waals surface area contributed by atoms with Gasteiger partial charge in [0.15, 0.2) is 0 Å². The molecular weight excluding hydrogens is 300 g/mol. The van der Waals surface area contributed by atoms with Gasteiger partial charge in [0.1, 0.15) is 0 Å². The number of rotatable bonds is 0. The Bertz CT molecular complexity index is 996. The van der Waals surface area contributed by atoms with Crippen molar-refractivity contribution in [2.24, 2.45) is 0 Å². The lowest BCUT2D eigenvalue weighted by atomic mass is 10.1. The van der Waals surface area contributed by atoms with E-state index in [4.69, 9.17) is 0 Å². The van der Waals surface area contributed by atoms with Gasteiger partial charge in [0.2, 0.25) is 0 Å². The van der Waals surface area contributed by atoms with Crippen LogP contribution in [0.25, 0.3) is 0 Å². The van der Waals surface area contributed by atoms with E-state index in [0.29, 0.717) is 0 Å². The Labute approximate surface area is 150 Å². The van der Waals surface area contributed by atoms with Crippen LogP contribution in [0.3, 0.4) is 0 Å². The molecule has 0 heteroatoms. The van der Waals surface area contributed by atoms with E-state index < -0.39 is 0 Å². The summed E-state index contributed by atoms with van der Waals surface area (Å²) < 4.78 is 0. The maximum atomic E-state index is 3.25. The van der Waals surface area contributed by atoms with Crippen LogP contribution in [0, 0.1) is 44.5 Å². The average Bonchev–Trinajstić information content (AvgIpc) is 2.61. The molecule has 0 unspecified atom stereocenters. The summed E-state index contributed by atoms with van der Waals surface area (Å²) in [7, 11) is 0. The van der Waals surface area contributed by atoms with Crippen LogP contribution in [0.1, 0.15) is 38.9 Å². The lowest BCUT2D eigenvalue weighted by molar-refractivity contribution is 1.36. The van der Waals surface area contributed by atoms with E-state index in [9.17, 15) is 0 Å². The van der Waals surface area contributed by atoms with Gasteiger partial charge in [-0.2, -0.15) is 0 Å². The molecule has 0 saturated carbocycles. The quantitative estimate of drug-likeness (QED) is 0.486. The first-order valence-electron chi connectivity index (χ1n) is 8.38. The van der Waals surface area contributed by atoms with Gasteiger partial charge in [-0.25, -0.2) is 0 Å². The molecule has 3 rings (SSSR count). The van der Waals surface area contributed by atoms with Crippen molar-refractivity contribution < 1.29 is 0 Å². The van der Waals surface area contributed by atoms with Crippen molar-refractivity contribution >= 4 is 0 Å². The highest BCUT2D eigenvalue weighted by molar-refractivity contribution is 5.49. The van der Waals surface area contributed by atoms with E-state index in [0.717, 1.165) is 22.3 Å². The SMILES string of the molecule is Cc1ccc(C#Cc2ccc(C#Cc3ccc(C)cc3C)cc2)cc1. The zero-order valence-electron chi connectivity index (χ0n) is 14.9. The van der Waals surface area contributed by atoms with Gasteiger partial charge in [0.25, 0.3) is 0 Å². The van der Waals surface area contributed by atoms with E-state index in [1.807, 2.05) is 36.4 Å². The lowest BCUT2D eigenvalue weighted by Crippen LogP contribution is -1.84. The van der Waals surface area contributed by atoms with Crippen LogP contribution in [-0.4, -0.2) is 0 Å². The van der Waals surface area contributed by atoms with E-state index >= 15 is 0 Å². The molecule has 0 spiro atoms. The second kappa shape index (κ2) is 7.57. The number of aryl methyl sites for hydroxylation is 3. The molecule has 0 N–H and O–H groups in total. The summed E-state index contributed by atoms with van der Waals surface area (Å²) in [6.45, 7) is 6.27. The molecule has 0 aromatic heterocycles. The first-order valence-corrected chi connectivity index (χ1v) is 8.38. The Kier molecular flexibility index (Phi) is 5.03. The first kappa shape index (κ1) is 16.6. The smallest absolute Gasteiger partial charge is 0.0278 e. The van der Waals surface area contributed by atoms with Crippen molar-refractivity contribution in [1.82, 2.24) is 0 Å². The molecule has 120 valence electrons. The van der Waals surface area contributed by atoms with Gasteiger partial charge in [-0.15, -0.1) is 0 Å². The molecule has 0 fully saturated rings. The van der Waals surface area contributed by atoms with Crippen LogP contribution < -0.4 is 0 Å². The fourth-order valence-corrected chi connectivity index (χ4v) is 2.51. The zero-order valence-corrected chi connectivity index (χ0v) is 14.9. The Balaban J connectivity index is 1.75. The summed E-state index contributed by atoms with van der Waals surface area (Å²) in [5.41, 5.74) is 7.83. The molecule has 0 atom stereocenters. The summed E-state index contributed by atoms with van der Waals surface area (Å²) in [6.07, 6.45) is 0. The molecule has 3 aromatic rings. The predicted molar refractivity (Wildman–Crippen MR) is 105 cm³/mol. The highest BCUT2D eigenvalue weighted by Gasteiger charge is 1.94. The Morgan fingerprint density at radius 3 is 1.44 bits per heavy atom. The molecule has 3 aromatic carbocycles. The second-order valence-electron chi connectivity index (χ2n) is 6.26. The minimum absolute atomic E-state index is 0.998. The van der Waals surface area contributed by atoms with Crippen molar-refractivity contribution in [1.29, 1.82) is 0 Å². The molecule has 0 aliphatic heterocycles. The Hall–Kier alpha value is -3.22. The molecule has 0 radical (unpaired) electrons. The summed E-state index contributed by atoms with van der Waals surface area (Å²) in [5, 5.41) is 0. The standard InChI is InChI=1S/C25H20/c1-19-4-7-22(8-5-19)9-10-23-11-13-24(14-12-23)15-17-25-16-6-20(2)18-21(25)3/h4-8,11-14,16,18H,1-3H3. The van der Waals surface area contributed by atoms with Gasteiger partial charge in [-0.05, 0) is 68.8 Å². The third kappa shape index (κ3) is 4.63. The monoisotopic (exact) mass is 320 g/mol. The second-order valence-corrected chi connectivity index (χ2v) is 6.26. The van der Waals surface area contributed by atoms with Crippen molar-refractivity contribution in [2.75, 3.05) is 0 Å². The van der Waals surface area contributed by atoms with E-state index in [2.05, 4.69) is 74.8 Å². The van der Waals surface area contributed by atoms with Crippen LogP contribution in [0.15, 0.2) is 66.7 Å². The predicted octanol–water partition coefficient (Wildman–Crippen LogP) is 5.41. The summed E-state index contributed by atoms with van der Waals surface area (Å²) >= 11 is 0. The van der Waals surface area contributed by atoms with Crippen molar-refractivity contribution in [3.8, 4) is 23.7 Å². The zero-order chi connectivity index (χ0) is 17.6. The largest absolute Gasteiger partial charge is 0.0617 e. The normalized spacial score (nSPS) is 9.56. The van der Waals surface area contributed by atoms with Crippen LogP contribution in [-0.2, 0) is 0 Å². The highest BCUT2D eigenvalue weighted by Crippen LogP contribution is 2.10. The van der Waals surface area contributed by atoms with Gasteiger partial charge >= 0.3 is 0 Å². The molecule has 0 bridgehead atoms. The third-order valence-corrected chi connectivity index (χ3v) is 4.01. The molecule has 0 aliphatic carbocycles. The van der Waals surface area contributed by atoms with Crippen LogP contribution in [0.5, 0.6) is 0 Å². The van der Waals surface area contributed by atoms with E-state index in [1.165, 1.54) is 16.7 Å². The molecule has 0 nitrogen and oxygen atoms in total. The van der Waals surface area contributed by atoms with Crippen molar-refractivity contribution in [3.05, 3.63) is 106 Å². The van der Waals surface area contributed by atoms with Crippen LogP contribution in [0.4, 0.5) is 0 Å². The molecule has 0 saturated heterocycles. The minimum atomic E-state index is 0.998. The van der Waals surface area contributed by atoms with E-state index in [1.54, 1.807) is 0 Å². The summed E-state index contributed by atoms with van der Waals surface area (Å²) in [4.78, 5) is 0. The fraction of sp³-hybridized carbons (Fsp3) is 0.120. The Morgan fingerprint density at radius 1 is 0.480 bits per heavy atom. The number of hydrogen-bond donors (Lipinski definition) is 0. The molecule has 0 amide bonds.